The van der Waals surface area contributed by atoms with E-state index in [2.05, 4.69) is 68.0 Å². The van der Waals surface area contributed by atoms with Crippen LogP contribution in [-0.4, -0.2) is 200 Å². The Morgan fingerprint density at radius 3 is 1.70 bits per heavy atom. The van der Waals surface area contributed by atoms with Crippen LogP contribution >= 0.6 is 38.0 Å². The van der Waals surface area contributed by atoms with Gasteiger partial charge in [0.05, 0.1) is 52.5 Å². The molecule has 0 saturated carbocycles. The molecule has 0 amide bonds. The van der Waals surface area contributed by atoms with Crippen molar-refractivity contribution < 1.29 is 136 Å². The molecular formula is C42H49F2N20O29P5S-4. The van der Waals surface area contributed by atoms with E-state index in [1.807, 2.05) is 0 Å². The van der Waals surface area contributed by atoms with Gasteiger partial charge in [0.2, 0.25) is 17.4 Å². The first-order valence-electron chi connectivity index (χ1n) is 27.7. The molecule has 8 aromatic rings. The molecule has 8 aromatic heterocycles. The fourth-order valence-corrected chi connectivity index (χ4v) is 16.7. The molecule has 4 aliphatic rings. The van der Waals surface area contributed by atoms with E-state index in [0.717, 1.165) is 57.0 Å². The van der Waals surface area contributed by atoms with Crippen molar-refractivity contribution in [2.45, 2.75) is 98.0 Å². The third-order valence-corrected chi connectivity index (χ3v) is 21.9. The average molecular weight is 1520 g/mol. The molecule has 0 aliphatic carbocycles. The summed E-state index contributed by atoms with van der Waals surface area (Å²) in [7, 11) is -23.4. The number of alkyl halides is 2. The van der Waals surface area contributed by atoms with E-state index in [-0.39, 0.29) is 50.8 Å². The van der Waals surface area contributed by atoms with Crippen LogP contribution in [-0.2, 0) is 96.6 Å². The third kappa shape index (κ3) is 14.2. The zero-order valence-corrected chi connectivity index (χ0v) is 54.7. The first kappa shape index (κ1) is 72.1. The molecule has 0 spiro atoms. The van der Waals surface area contributed by atoms with Crippen LogP contribution in [0.5, 0.6) is 0 Å². The Morgan fingerprint density at radius 2 is 1.09 bits per heavy atom. The number of phosphoric acid groups is 4. The van der Waals surface area contributed by atoms with E-state index in [1.54, 1.807) is 0 Å². The summed E-state index contributed by atoms with van der Waals surface area (Å²) in [5.41, 5.74) is 18.3. The minimum absolute atomic E-state index is 0.0539. The minimum atomic E-state index is -6.79. The Hall–Kier alpha value is -6.65. The molecule has 540 valence electrons. The second-order valence-electron chi connectivity index (χ2n) is 21.6. The van der Waals surface area contributed by atoms with Crippen molar-refractivity contribution in [1.29, 1.82) is 0 Å². The number of aryl methyl sites for hydroxylation is 1. The number of nitrogens with two attached hydrogens (primary N) is 4. The van der Waals surface area contributed by atoms with Crippen LogP contribution in [0.15, 0.2) is 46.0 Å². The van der Waals surface area contributed by atoms with E-state index in [1.165, 1.54) is 7.05 Å². The molecule has 15 N–H and O–H groups in total. The number of nitrogen functional groups attached to an aromatic ring is 4. The molecule has 4 saturated heterocycles. The number of nitrogens with zero attached hydrogens (tertiary/aromatic N) is 13. The lowest BCUT2D eigenvalue weighted by molar-refractivity contribution is -0.756. The van der Waals surface area contributed by atoms with Crippen LogP contribution in [0, 0.1) is 0 Å². The van der Waals surface area contributed by atoms with E-state index < -0.39 is 197 Å². The molecule has 0 bridgehead atoms. The zero-order valence-electron chi connectivity index (χ0n) is 49.4. The second-order valence-corrected chi connectivity index (χ2v) is 30.2. The van der Waals surface area contributed by atoms with Crippen molar-refractivity contribution in [3.8, 4) is 0 Å². The van der Waals surface area contributed by atoms with Gasteiger partial charge in [0, 0.05) is 7.11 Å². The molecule has 4 aliphatic heterocycles. The molecule has 20 unspecified atom stereocenters. The van der Waals surface area contributed by atoms with Crippen LogP contribution in [0.2, 0.25) is 0 Å². The summed E-state index contributed by atoms with van der Waals surface area (Å²) in [4.78, 5) is 143. The number of anilines is 4. The predicted molar refractivity (Wildman–Crippen MR) is 307 cm³/mol. The highest BCUT2D eigenvalue weighted by Gasteiger charge is 2.62. The monoisotopic (exact) mass is 1520 g/mol. The number of ether oxygens (including phenoxy) is 5. The topological polar surface area (TPSA) is 714 Å². The number of imidazole rings is 4. The van der Waals surface area contributed by atoms with Crippen molar-refractivity contribution in [3.63, 3.8) is 0 Å². The lowest BCUT2D eigenvalue weighted by Crippen LogP contribution is -2.50. The molecule has 99 heavy (non-hydrogen) atoms. The van der Waals surface area contributed by atoms with Crippen molar-refractivity contribution in [1.82, 2.24) is 73.1 Å². The number of phosphoric ester groups is 3. The van der Waals surface area contributed by atoms with Gasteiger partial charge in [-0.15, -0.1) is 0 Å². The summed E-state index contributed by atoms with van der Waals surface area (Å²) in [5, 5.41) is 44.2. The maximum absolute atomic E-state index is 15.5. The van der Waals surface area contributed by atoms with Gasteiger partial charge in [-0.05, 0) is 0 Å². The maximum atomic E-state index is 15.5. The summed E-state index contributed by atoms with van der Waals surface area (Å²) in [5.74, 6) is -5.86. The first-order chi connectivity index (χ1) is 46.4. The molecule has 20 atom stereocenters. The number of hydrogen-bond donors (Lipinski definition) is 11. The number of aliphatic hydroxyl groups excluding tert-OH is 4. The SMILES string of the molecule is COC1C(OP([O-])(=S)OCC2OC(n3cnc4c(=O)[nH]c(N)nc43)C(O)C2OP(=O)([O-])OCC2OC(n3cnc4c(=O)[nH]c(N)nc43)C(O)C2O)C(COP(=O)([O-])OP(=O)([O-])OP(=O)([O-])OCC2OC([n+]3cn(C)c4c(=O)[nH]c(N)nc43)C(F)(F)C2O)OC1n1cnc2c(N)ncnc21. The van der Waals surface area contributed by atoms with Crippen molar-refractivity contribution in [2.24, 2.45) is 7.05 Å². The fourth-order valence-electron chi connectivity index (χ4n) is 10.9. The molecule has 0 radical (unpaired) electrons. The Morgan fingerprint density at radius 1 is 0.596 bits per heavy atom. The smallest absolute Gasteiger partial charge is 0.333 e. The van der Waals surface area contributed by atoms with E-state index >= 15 is 8.78 Å². The third-order valence-electron chi connectivity index (χ3n) is 15.2. The van der Waals surface area contributed by atoms with Gasteiger partial charge in [0.15, 0.2) is 64.9 Å². The average Bonchev–Trinajstić information content (AvgIpc) is 1.60. The number of halogens is 2. The Kier molecular flexibility index (Phi) is 19.4. The normalized spacial score (nSPS) is 30.3. The second kappa shape index (κ2) is 26.6. The van der Waals surface area contributed by atoms with Gasteiger partial charge in [-0.2, -0.15) is 23.3 Å². The quantitative estimate of drug-likeness (QED) is 0.0187. The number of aromatic nitrogens is 16. The summed E-state index contributed by atoms with van der Waals surface area (Å²) in [6, 6.07) is 0. The number of fused-ring (bicyclic) bond motifs is 4. The van der Waals surface area contributed by atoms with Crippen LogP contribution in [0.1, 0.15) is 24.9 Å². The zero-order chi connectivity index (χ0) is 71.5. The van der Waals surface area contributed by atoms with Gasteiger partial charge in [-0.3, -0.25) is 65.9 Å². The van der Waals surface area contributed by atoms with Gasteiger partial charge in [-0.1, -0.05) is 16.8 Å². The molecule has 12 heterocycles. The van der Waals surface area contributed by atoms with Crippen molar-refractivity contribution in [3.05, 3.63) is 62.7 Å². The van der Waals surface area contributed by atoms with E-state index in [9.17, 15) is 77.5 Å². The number of aliphatic hydroxyl groups is 4. The number of hydrogen-bond acceptors (Lipinski definition) is 42. The van der Waals surface area contributed by atoms with Crippen molar-refractivity contribution >= 4 is 118 Å². The molecule has 49 nitrogen and oxygen atoms in total. The van der Waals surface area contributed by atoms with Crippen LogP contribution in [0.25, 0.3) is 44.7 Å². The largest absolute Gasteiger partial charge is 0.780 e. The molecular weight excluding hydrogens is 1470 g/mol. The maximum Gasteiger partial charge on any atom is 0.333 e. The lowest BCUT2D eigenvalue weighted by Gasteiger charge is -2.36. The number of H-pyrrole nitrogens is 3. The van der Waals surface area contributed by atoms with Gasteiger partial charge >= 0.3 is 11.6 Å². The minimum Gasteiger partial charge on any atom is -0.780 e. The van der Waals surface area contributed by atoms with Crippen LogP contribution < -0.4 is 68.6 Å². The molecule has 57 heteroatoms. The van der Waals surface area contributed by atoms with Gasteiger partial charge in [0.25, 0.3) is 60.1 Å². The summed E-state index contributed by atoms with van der Waals surface area (Å²) in [6.45, 7) is -10.8. The van der Waals surface area contributed by atoms with E-state index in [0.29, 0.717) is 4.57 Å². The van der Waals surface area contributed by atoms with Crippen LogP contribution in [0.4, 0.5) is 32.4 Å². The summed E-state index contributed by atoms with van der Waals surface area (Å²) in [6.07, 6.45) is -25.7. The van der Waals surface area contributed by atoms with Gasteiger partial charge in [0.1, 0.15) is 79.6 Å². The standard InChI is InChI=1S/C42H53F2N20O29P5S/c1-60-11-64(31-19(60)34(71)59-41(48)56-31)38-42(43,44)26(68)15(89-38)6-84-96(76,77)93-97(78,79)92-95(74,75)83-4-14-24(25(81-2)37(88-14)61-8-51-16-27(45)49-7-50-28(16)61)91-98(80,99)85-5-13-23(22(67)36(87-13)63-10-53-18-30(63)55-40(47)58-33(18)70)90-94(72,73)82-3-12-20(65)21(66)35(86-12)62-9-52-17-29(62)54-39(46)57-32(17)69/h7-15,20-26,35-38,65-68H,3-6H2,1-2H3,(H15-,45,46,47,48,49,50,54,55,56,57,58,59,69,70,71,72,73,74,75,76,77,78,79,80,99)/p-4. The van der Waals surface area contributed by atoms with Crippen molar-refractivity contribution in [2.75, 3.05) is 56.5 Å². The van der Waals surface area contributed by atoms with Gasteiger partial charge < -0.3 is 119 Å². The number of rotatable bonds is 25. The highest BCUT2D eigenvalue weighted by molar-refractivity contribution is 8.06. The molecule has 12 rings (SSSR count). The molecule has 0 aromatic carbocycles. The predicted octanol–water partition coefficient (Wildman–Crippen LogP) is -8.00. The highest BCUT2D eigenvalue weighted by atomic mass is 32.5. The number of methoxy groups -OCH3 is 1. The van der Waals surface area contributed by atoms with Crippen LogP contribution in [0.3, 0.4) is 0 Å². The van der Waals surface area contributed by atoms with Gasteiger partial charge in [-0.25, -0.2) is 33.5 Å². The summed E-state index contributed by atoms with van der Waals surface area (Å²) >= 11 is 5.24. The Labute approximate surface area is 549 Å². The first-order valence-corrected chi connectivity index (χ1v) is 36.1. The lowest BCUT2D eigenvalue weighted by atomic mass is 10.1. The Balaban J connectivity index is 0.742. The number of aromatic amines is 3. The number of nitrogens with one attached hydrogen (secondary N) is 3. The Bertz CT molecular complexity index is 4890. The summed E-state index contributed by atoms with van der Waals surface area (Å²) < 4.78 is 156. The highest BCUT2D eigenvalue weighted by Crippen LogP contribution is 2.63. The molecule has 4 fully saturated rings. The van der Waals surface area contributed by atoms with E-state index in [4.69, 9.17) is 81.0 Å². The fraction of sp³-hybridized carbons (Fsp3) is 0.524.